The number of nitrogens with one attached hydrogen (secondary N) is 1. The molecule has 1 atom stereocenters. The maximum absolute atomic E-state index is 9.90. The average molecular weight is 402 g/mol. The maximum Gasteiger partial charge on any atom is 0.244 e. The maximum atomic E-state index is 9.90. The van der Waals surface area contributed by atoms with Gasteiger partial charge in [0.15, 0.2) is 0 Å². The first-order valence-corrected chi connectivity index (χ1v) is 9.59. The molecule has 2 heterocycles. The Morgan fingerprint density at radius 1 is 1.17 bits per heavy atom. The van der Waals surface area contributed by atoms with Crippen LogP contribution in [0.4, 0.5) is 0 Å². The van der Waals surface area contributed by atoms with Crippen LogP contribution in [-0.2, 0) is 0 Å². The minimum Gasteiger partial charge on any atom is -0.497 e. The second-order valence-electron chi connectivity index (χ2n) is 7.18. The summed E-state index contributed by atoms with van der Waals surface area (Å²) in [5.41, 5.74) is 9.61. The molecule has 1 aliphatic heterocycles. The van der Waals surface area contributed by atoms with E-state index in [1.54, 1.807) is 7.11 Å². The molecule has 7 heteroatoms. The molecule has 1 aliphatic rings. The molecule has 4 rings (SSSR count). The second kappa shape index (κ2) is 7.84. The summed E-state index contributed by atoms with van der Waals surface area (Å²) in [5.74, 6) is 1.35. The first kappa shape index (κ1) is 19.4. The zero-order valence-corrected chi connectivity index (χ0v) is 17.0. The summed E-state index contributed by atoms with van der Waals surface area (Å²) in [6.45, 7) is 3.92. The fourth-order valence-corrected chi connectivity index (χ4v) is 3.61. The van der Waals surface area contributed by atoms with Gasteiger partial charge in [-0.2, -0.15) is 5.26 Å². The fourth-order valence-electron chi connectivity index (χ4n) is 3.61. The number of ether oxygens (including phenoxy) is 3. The highest BCUT2D eigenvalue weighted by Gasteiger charge is 2.37. The number of para-hydroxylation sites is 1. The van der Waals surface area contributed by atoms with Crippen LogP contribution in [0.15, 0.2) is 60.0 Å². The summed E-state index contributed by atoms with van der Waals surface area (Å²) in [6, 6.07) is 17.5. The van der Waals surface area contributed by atoms with Crippen LogP contribution < -0.4 is 19.9 Å². The van der Waals surface area contributed by atoms with Crippen LogP contribution in [0, 0.1) is 11.3 Å². The highest BCUT2D eigenvalue weighted by molar-refractivity contribution is 5.72. The normalized spacial score (nSPS) is 15.4. The number of hydrogen-bond donors (Lipinski definition) is 2. The Hall–Kier alpha value is -3.92. The van der Waals surface area contributed by atoms with Crippen LogP contribution in [-0.4, -0.2) is 23.4 Å². The Balaban J connectivity index is 1.92. The van der Waals surface area contributed by atoms with E-state index in [1.807, 2.05) is 62.4 Å². The summed E-state index contributed by atoms with van der Waals surface area (Å²) < 4.78 is 17.0. The fraction of sp³-hybridized carbons (Fsp3) is 0.217. The standard InChI is InChI=1S/C23H22N4O3/c1-13(2)29-18-7-5-4-6-16(18)19-17(12-24)22(25)30-23-20(19)21(26-27-23)14-8-10-15(28-3)11-9-14/h4-11,13,19H,25H2,1-3H3,(H,26,27)/t19-/m0/s1. The third kappa shape index (κ3) is 3.33. The Morgan fingerprint density at radius 3 is 2.57 bits per heavy atom. The quantitative estimate of drug-likeness (QED) is 0.666. The molecule has 152 valence electrons. The van der Waals surface area contributed by atoms with Gasteiger partial charge in [-0.05, 0) is 44.2 Å². The van der Waals surface area contributed by atoms with Crippen LogP contribution in [0.25, 0.3) is 11.3 Å². The van der Waals surface area contributed by atoms with Crippen molar-refractivity contribution in [3.05, 3.63) is 71.1 Å². The number of nitrogens with two attached hydrogens (primary N) is 1. The molecule has 3 N–H and O–H groups in total. The number of hydrogen-bond acceptors (Lipinski definition) is 6. The largest absolute Gasteiger partial charge is 0.497 e. The van der Waals surface area contributed by atoms with E-state index >= 15 is 0 Å². The van der Waals surface area contributed by atoms with Crippen molar-refractivity contribution in [1.29, 1.82) is 5.26 Å². The first-order valence-electron chi connectivity index (χ1n) is 9.59. The molecule has 0 unspecified atom stereocenters. The van der Waals surface area contributed by atoms with Crippen LogP contribution in [0.2, 0.25) is 0 Å². The number of allylic oxidation sites excluding steroid dienone is 1. The predicted octanol–water partition coefficient (Wildman–Crippen LogP) is 4.09. The number of fused-ring (bicyclic) bond motifs is 1. The van der Waals surface area contributed by atoms with E-state index in [4.69, 9.17) is 19.9 Å². The second-order valence-corrected chi connectivity index (χ2v) is 7.18. The molecule has 7 nitrogen and oxygen atoms in total. The molecule has 0 aliphatic carbocycles. The minimum atomic E-state index is -0.482. The van der Waals surface area contributed by atoms with Gasteiger partial charge >= 0.3 is 0 Å². The van der Waals surface area contributed by atoms with Gasteiger partial charge < -0.3 is 19.9 Å². The molecule has 1 aromatic heterocycles. The molecular weight excluding hydrogens is 380 g/mol. The van der Waals surface area contributed by atoms with Gasteiger partial charge in [-0.3, -0.25) is 5.10 Å². The Kier molecular flexibility index (Phi) is 5.07. The van der Waals surface area contributed by atoms with Crippen molar-refractivity contribution < 1.29 is 14.2 Å². The molecule has 0 amide bonds. The highest BCUT2D eigenvalue weighted by atomic mass is 16.5. The Bertz CT molecular complexity index is 1140. The highest BCUT2D eigenvalue weighted by Crippen LogP contribution is 2.48. The number of H-pyrrole nitrogens is 1. The molecule has 0 bridgehead atoms. The lowest BCUT2D eigenvalue weighted by molar-refractivity contribution is 0.239. The van der Waals surface area contributed by atoms with Crippen molar-refractivity contribution in [2.75, 3.05) is 7.11 Å². The van der Waals surface area contributed by atoms with Crippen molar-refractivity contribution in [2.45, 2.75) is 25.9 Å². The lowest BCUT2D eigenvalue weighted by Gasteiger charge is -2.26. The lowest BCUT2D eigenvalue weighted by atomic mass is 9.82. The summed E-state index contributed by atoms with van der Waals surface area (Å²) in [7, 11) is 1.62. The lowest BCUT2D eigenvalue weighted by Crippen LogP contribution is -2.21. The number of benzene rings is 2. The third-order valence-corrected chi connectivity index (χ3v) is 4.91. The molecule has 0 fully saturated rings. The van der Waals surface area contributed by atoms with E-state index in [1.165, 1.54) is 0 Å². The van der Waals surface area contributed by atoms with E-state index < -0.39 is 5.92 Å². The van der Waals surface area contributed by atoms with Gasteiger partial charge in [0.25, 0.3) is 0 Å². The van der Waals surface area contributed by atoms with Gasteiger partial charge in [-0.1, -0.05) is 18.2 Å². The van der Waals surface area contributed by atoms with Crippen molar-refractivity contribution in [1.82, 2.24) is 10.2 Å². The predicted molar refractivity (Wildman–Crippen MR) is 112 cm³/mol. The summed E-state index contributed by atoms with van der Waals surface area (Å²) >= 11 is 0. The molecule has 30 heavy (non-hydrogen) atoms. The van der Waals surface area contributed by atoms with Crippen LogP contribution in [0.3, 0.4) is 0 Å². The third-order valence-electron chi connectivity index (χ3n) is 4.91. The van der Waals surface area contributed by atoms with Crippen LogP contribution >= 0.6 is 0 Å². The number of rotatable bonds is 5. The zero-order valence-electron chi connectivity index (χ0n) is 17.0. The molecule has 0 saturated carbocycles. The van der Waals surface area contributed by atoms with Gasteiger partial charge in [0.1, 0.15) is 23.1 Å². The van der Waals surface area contributed by atoms with Crippen LogP contribution in [0.5, 0.6) is 17.4 Å². The van der Waals surface area contributed by atoms with E-state index in [-0.39, 0.29) is 12.0 Å². The topological polar surface area (TPSA) is 106 Å². The molecule has 0 radical (unpaired) electrons. The summed E-state index contributed by atoms with van der Waals surface area (Å²) in [4.78, 5) is 0. The summed E-state index contributed by atoms with van der Waals surface area (Å²) in [6.07, 6.45) is -0.0252. The smallest absolute Gasteiger partial charge is 0.244 e. The van der Waals surface area contributed by atoms with E-state index in [2.05, 4.69) is 16.3 Å². The molecule has 0 saturated heterocycles. The van der Waals surface area contributed by atoms with Crippen LogP contribution in [0.1, 0.15) is 30.9 Å². The van der Waals surface area contributed by atoms with E-state index in [0.29, 0.717) is 17.2 Å². The van der Waals surface area contributed by atoms with Crippen molar-refractivity contribution in [2.24, 2.45) is 5.73 Å². The van der Waals surface area contributed by atoms with Crippen molar-refractivity contribution in [3.63, 3.8) is 0 Å². The summed E-state index contributed by atoms with van der Waals surface area (Å²) in [5, 5.41) is 17.3. The van der Waals surface area contributed by atoms with Gasteiger partial charge in [0.2, 0.25) is 11.8 Å². The van der Waals surface area contributed by atoms with Crippen molar-refractivity contribution in [3.8, 4) is 34.7 Å². The number of aromatic amines is 1. The SMILES string of the molecule is COc1ccc(-c2[nH]nc3c2[C@@H](c2ccccc2OC(C)C)C(C#N)=C(N)O3)cc1. The van der Waals surface area contributed by atoms with Gasteiger partial charge in [0.05, 0.1) is 30.4 Å². The van der Waals surface area contributed by atoms with Gasteiger partial charge in [-0.25, -0.2) is 0 Å². The first-order chi connectivity index (χ1) is 14.5. The monoisotopic (exact) mass is 402 g/mol. The van der Waals surface area contributed by atoms with E-state index in [0.717, 1.165) is 28.1 Å². The Morgan fingerprint density at radius 2 is 1.90 bits per heavy atom. The number of nitrogens with zero attached hydrogens (tertiary/aromatic N) is 2. The van der Waals surface area contributed by atoms with E-state index in [9.17, 15) is 5.26 Å². The molecular formula is C23H22N4O3. The molecule has 2 aromatic carbocycles. The van der Waals surface area contributed by atoms with Gasteiger partial charge in [-0.15, -0.1) is 5.10 Å². The zero-order chi connectivity index (χ0) is 21.3. The Labute approximate surface area is 174 Å². The molecule has 3 aromatic rings. The minimum absolute atomic E-state index is 0.0252. The van der Waals surface area contributed by atoms with Gasteiger partial charge in [0, 0.05) is 11.1 Å². The number of methoxy groups -OCH3 is 1. The van der Waals surface area contributed by atoms with Crippen molar-refractivity contribution >= 4 is 0 Å². The molecule has 0 spiro atoms. The number of aromatic nitrogens is 2. The number of nitriles is 1. The average Bonchev–Trinajstić information content (AvgIpc) is 3.16.